The van der Waals surface area contributed by atoms with Gasteiger partial charge in [-0.15, -0.1) is 10.2 Å². The predicted molar refractivity (Wildman–Crippen MR) is 124 cm³/mol. The van der Waals surface area contributed by atoms with Crippen LogP contribution in [0.15, 0.2) is 72.4 Å². The van der Waals surface area contributed by atoms with Crippen LogP contribution in [0.3, 0.4) is 0 Å². The van der Waals surface area contributed by atoms with E-state index in [-0.39, 0.29) is 0 Å². The minimum Gasteiger partial charge on any atom is -0.305 e. The second-order valence-electron chi connectivity index (χ2n) is 7.28. The standard InChI is InChI=1S/C23H19ClN6S/c1-15-3-5-20(11-16(15)2)30-22(17-7-9-25-10-8-17)27-28-23(30)31-14-19-13-29-12-18(24)4-6-21(29)26-19/h3-13H,14H2,1-2H3. The quantitative estimate of drug-likeness (QED) is 0.332. The van der Waals surface area contributed by atoms with Crippen molar-refractivity contribution >= 4 is 29.0 Å². The van der Waals surface area contributed by atoms with Crippen LogP contribution in [-0.2, 0) is 5.75 Å². The molecule has 0 saturated carbocycles. The molecule has 0 aliphatic carbocycles. The second kappa shape index (κ2) is 8.17. The molecule has 0 atom stereocenters. The van der Waals surface area contributed by atoms with Crippen molar-refractivity contribution in [1.29, 1.82) is 0 Å². The van der Waals surface area contributed by atoms with Crippen LogP contribution in [-0.4, -0.2) is 29.1 Å². The van der Waals surface area contributed by atoms with Gasteiger partial charge in [0.1, 0.15) is 5.65 Å². The number of fused-ring (bicyclic) bond motifs is 1. The molecule has 0 radical (unpaired) electrons. The minimum atomic E-state index is 0.665. The molecular weight excluding hydrogens is 428 g/mol. The van der Waals surface area contributed by atoms with E-state index in [2.05, 4.69) is 56.8 Å². The first-order valence-corrected chi connectivity index (χ1v) is 11.1. The molecule has 0 fully saturated rings. The number of imidazole rings is 1. The summed E-state index contributed by atoms with van der Waals surface area (Å²) in [6.45, 7) is 4.23. The zero-order chi connectivity index (χ0) is 21.4. The zero-order valence-corrected chi connectivity index (χ0v) is 18.6. The molecule has 0 bridgehead atoms. The summed E-state index contributed by atoms with van der Waals surface area (Å²) in [6, 6.07) is 14.0. The SMILES string of the molecule is Cc1ccc(-n2c(SCc3cn4cc(Cl)ccc4n3)nnc2-c2ccncc2)cc1C. The minimum absolute atomic E-state index is 0.665. The maximum Gasteiger partial charge on any atom is 0.196 e. The summed E-state index contributed by atoms with van der Waals surface area (Å²) in [6.07, 6.45) is 7.39. The molecular formula is C23H19ClN6S. The Morgan fingerprint density at radius 3 is 2.58 bits per heavy atom. The fourth-order valence-corrected chi connectivity index (χ4v) is 4.38. The fraction of sp³-hybridized carbons (Fsp3) is 0.130. The van der Waals surface area contributed by atoms with E-state index in [1.165, 1.54) is 11.1 Å². The third kappa shape index (κ3) is 3.94. The van der Waals surface area contributed by atoms with Gasteiger partial charge >= 0.3 is 0 Å². The summed E-state index contributed by atoms with van der Waals surface area (Å²) in [4.78, 5) is 8.81. The van der Waals surface area contributed by atoms with Gasteiger partial charge in [-0.05, 0) is 61.4 Å². The number of aryl methyl sites for hydroxylation is 2. The van der Waals surface area contributed by atoms with E-state index >= 15 is 0 Å². The molecule has 0 amide bonds. The molecule has 0 unspecified atom stereocenters. The van der Waals surface area contributed by atoms with Crippen molar-refractivity contribution in [2.75, 3.05) is 0 Å². The highest BCUT2D eigenvalue weighted by atomic mass is 35.5. The van der Waals surface area contributed by atoms with Crippen LogP contribution in [0, 0.1) is 13.8 Å². The number of halogens is 1. The highest BCUT2D eigenvalue weighted by molar-refractivity contribution is 7.98. The van der Waals surface area contributed by atoms with Crippen molar-refractivity contribution in [3.05, 3.63) is 89.1 Å². The Bertz CT molecular complexity index is 1380. The fourth-order valence-electron chi connectivity index (χ4n) is 3.37. The Kier molecular flexibility index (Phi) is 5.21. The lowest BCUT2D eigenvalue weighted by atomic mass is 10.1. The topological polar surface area (TPSA) is 60.9 Å². The molecule has 154 valence electrons. The Balaban J connectivity index is 1.53. The number of benzene rings is 1. The average molecular weight is 447 g/mol. The molecule has 0 N–H and O–H groups in total. The van der Waals surface area contributed by atoms with Gasteiger partial charge in [0.25, 0.3) is 0 Å². The first kappa shape index (κ1) is 19.8. The van der Waals surface area contributed by atoms with E-state index in [1.54, 1.807) is 24.2 Å². The van der Waals surface area contributed by atoms with Crippen molar-refractivity contribution in [1.82, 2.24) is 29.1 Å². The summed E-state index contributed by atoms with van der Waals surface area (Å²) in [5.41, 5.74) is 6.29. The van der Waals surface area contributed by atoms with Crippen LogP contribution in [0.4, 0.5) is 0 Å². The number of nitrogens with zero attached hydrogens (tertiary/aromatic N) is 6. The van der Waals surface area contributed by atoms with Crippen LogP contribution in [0.1, 0.15) is 16.8 Å². The molecule has 0 aliphatic rings. The lowest BCUT2D eigenvalue weighted by molar-refractivity contribution is 0.883. The van der Waals surface area contributed by atoms with Crippen LogP contribution in [0.25, 0.3) is 22.7 Å². The van der Waals surface area contributed by atoms with Gasteiger partial charge in [0, 0.05) is 36.1 Å². The molecule has 8 heteroatoms. The number of pyridine rings is 2. The van der Waals surface area contributed by atoms with Gasteiger partial charge in [0.05, 0.1) is 16.4 Å². The molecule has 0 aliphatic heterocycles. The molecule has 4 aromatic heterocycles. The largest absolute Gasteiger partial charge is 0.305 e. The highest BCUT2D eigenvalue weighted by Gasteiger charge is 2.17. The number of thioether (sulfide) groups is 1. The number of rotatable bonds is 5. The van der Waals surface area contributed by atoms with Gasteiger partial charge < -0.3 is 4.40 Å². The van der Waals surface area contributed by atoms with Gasteiger partial charge in [-0.25, -0.2) is 4.98 Å². The number of hydrogen-bond donors (Lipinski definition) is 0. The van der Waals surface area contributed by atoms with E-state index in [1.807, 2.05) is 41.1 Å². The highest BCUT2D eigenvalue weighted by Crippen LogP contribution is 2.30. The third-order valence-electron chi connectivity index (χ3n) is 5.13. The summed E-state index contributed by atoms with van der Waals surface area (Å²) in [5, 5.41) is 10.5. The van der Waals surface area contributed by atoms with Crippen LogP contribution in [0.5, 0.6) is 0 Å². The summed E-state index contributed by atoms with van der Waals surface area (Å²) in [7, 11) is 0. The lowest BCUT2D eigenvalue weighted by Crippen LogP contribution is -2.01. The van der Waals surface area contributed by atoms with Crippen molar-refractivity contribution < 1.29 is 0 Å². The van der Waals surface area contributed by atoms with Crippen molar-refractivity contribution in [3.8, 4) is 17.1 Å². The van der Waals surface area contributed by atoms with Crippen LogP contribution >= 0.6 is 23.4 Å². The summed E-state index contributed by atoms with van der Waals surface area (Å²) >= 11 is 7.70. The maximum absolute atomic E-state index is 6.09. The molecule has 4 heterocycles. The van der Waals surface area contributed by atoms with Crippen LogP contribution in [0.2, 0.25) is 5.02 Å². The molecule has 6 nitrogen and oxygen atoms in total. The van der Waals surface area contributed by atoms with Gasteiger partial charge in [-0.1, -0.05) is 29.4 Å². The van der Waals surface area contributed by atoms with E-state index in [9.17, 15) is 0 Å². The van der Waals surface area contributed by atoms with E-state index in [0.717, 1.165) is 33.6 Å². The van der Waals surface area contributed by atoms with E-state index in [0.29, 0.717) is 10.8 Å². The number of aromatic nitrogens is 6. The molecule has 1 aromatic carbocycles. The van der Waals surface area contributed by atoms with Crippen LogP contribution < -0.4 is 0 Å². The molecule has 0 saturated heterocycles. The molecule has 0 spiro atoms. The first-order chi connectivity index (χ1) is 15.1. The Labute approximate surface area is 189 Å². The lowest BCUT2D eigenvalue weighted by Gasteiger charge is -2.12. The Hall–Kier alpha value is -3.16. The predicted octanol–water partition coefficient (Wildman–Crippen LogP) is 5.54. The third-order valence-corrected chi connectivity index (χ3v) is 6.32. The van der Waals surface area contributed by atoms with Crippen molar-refractivity contribution in [3.63, 3.8) is 0 Å². The first-order valence-electron chi connectivity index (χ1n) is 9.78. The second-order valence-corrected chi connectivity index (χ2v) is 8.66. The zero-order valence-electron chi connectivity index (χ0n) is 17.0. The van der Waals surface area contributed by atoms with Gasteiger partial charge in [-0.2, -0.15) is 0 Å². The summed E-state index contributed by atoms with van der Waals surface area (Å²) < 4.78 is 4.04. The Morgan fingerprint density at radius 1 is 0.935 bits per heavy atom. The normalized spacial score (nSPS) is 11.3. The monoisotopic (exact) mass is 446 g/mol. The van der Waals surface area contributed by atoms with E-state index < -0.39 is 0 Å². The van der Waals surface area contributed by atoms with Crippen molar-refractivity contribution in [2.24, 2.45) is 0 Å². The van der Waals surface area contributed by atoms with Gasteiger partial charge in [-0.3, -0.25) is 9.55 Å². The van der Waals surface area contributed by atoms with Gasteiger partial charge in [0.15, 0.2) is 11.0 Å². The molecule has 5 aromatic rings. The Morgan fingerprint density at radius 2 is 1.77 bits per heavy atom. The number of hydrogen-bond acceptors (Lipinski definition) is 5. The smallest absolute Gasteiger partial charge is 0.196 e. The average Bonchev–Trinajstić information content (AvgIpc) is 3.38. The van der Waals surface area contributed by atoms with E-state index in [4.69, 9.17) is 11.6 Å². The summed E-state index contributed by atoms with van der Waals surface area (Å²) in [5.74, 6) is 1.45. The molecule has 5 rings (SSSR count). The van der Waals surface area contributed by atoms with Gasteiger partial charge in [0.2, 0.25) is 0 Å². The molecule has 31 heavy (non-hydrogen) atoms. The van der Waals surface area contributed by atoms with Crippen molar-refractivity contribution in [2.45, 2.75) is 24.8 Å². The maximum atomic E-state index is 6.09.